The molecule has 0 radical (unpaired) electrons. The second-order valence-electron chi connectivity index (χ2n) is 5.93. The Balaban J connectivity index is 1.92. The summed E-state index contributed by atoms with van der Waals surface area (Å²) in [4.78, 5) is 0. The predicted molar refractivity (Wildman–Crippen MR) is 89.7 cm³/mol. The minimum absolute atomic E-state index is 0.190. The molecule has 0 saturated heterocycles. The number of nitriles is 1. The topological polar surface area (TPSA) is 85.6 Å². The van der Waals surface area contributed by atoms with Gasteiger partial charge in [0.05, 0.1) is 17.3 Å². The maximum absolute atomic E-state index is 13.3. The van der Waals surface area contributed by atoms with Gasteiger partial charge in [-0.3, -0.25) is 10.5 Å². The van der Waals surface area contributed by atoms with E-state index >= 15 is 0 Å². The van der Waals surface area contributed by atoms with Crippen LogP contribution in [0, 0.1) is 34.3 Å². The van der Waals surface area contributed by atoms with Gasteiger partial charge in [-0.2, -0.15) is 5.26 Å². The van der Waals surface area contributed by atoms with Crippen LogP contribution in [0.3, 0.4) is 0 Å². The minimum atomic E-state index is -0.884. The van der Waals surface area contributed by atoms with E-state index in [0.29, 0.717) is 22.4 Å². The Morgan fingerprint density at radius 1 is 1.04 bits per heavy atom. The molecule has 0 spiro atoms. The molecule has 128 valence electrons. The van der Waals surface area contributed by atoms with Crippen LogP contribution in [-0.4, -0.2) is 16.1 Å². The fourth-order valence-corrected chi connectivity index (χ4v) is 3.19. The first-order valence-corrected chi connectivity index (χ1v) is 7.84. The van der Waals surface area contributed by atoms with Crippen LogP contribution in [0.5, 0.6) is 5.88 Å². The van der Waals surface area contributed by atoms with Crippen LogP contribution in [0.2, 0.25) is 0 Å². The van der Waals surface area contributed by atoms with Gasteiger partial charge in [-0.15, -0.1) is 5.10 Å². The van der Waals surface area contributed by atoms with E-state index in [1.54, 1.807) is 24.3 Å². The zero-order valence-electron chi connectivity index (χ0n) is 13.3. The summed E-state index contributed by atoms with van der Waals surface area (Å²) in [7, 11) is 0. The van der Waals surface area contributed by atoms with E-state index in [2.05, 4.69) is 16.3 Å². The van der Waals surface area contributed by atoms with Crippen molar-refractivity contribution in [3.8, 4) is 23.2 Å². The number of nitrogens with zero attached hydrogens (tertiary/aromatic N) is 2. The highest BCUT2D eigenvalue weighted by Gasteiger charge is 2.40. The molecular weight excluding hydrogens is 338 g/mol. The van der Waals surface area contributed by atoms with Gasteiger partial charge in [0.15, 0.2) is 0 Å². The number of fused-ring (bicyclic) bond motifs is 1. The number of aromatic amines is 1. The van der Waals surface area contributed by atoms with Crippen molar-refractivity contribution in [3.63, 3.8) is 0 Å². The summed E-state index contributed by atoms with van der Waals surface area (Å²) >= 11 is 0. The fourth-order valence-electron chi connectivity index (χ4n) is 3.19. The minimum Gasteiger partial charge on any atom is -0.422 e. The van der Waals surface area contributed by atoms with Gasteiger partial charge < -0.3 is 4.74 Å². The monoisotopic (exact) mass is 350 g/mol. The Labute approximate surface area is 147 Å². The first-order valence-electron chi connectivity index (χ1n) is 7.84. The van der Waals surface area contributed by atoms with Gasteiger partial charge >= 0.3 is 0 Å². The number of aromatic nitrogens is 2. The van der Waals surface area contributed by atoms with Crippen LogP contribution in [0.25, 0.3) is 11.3 Å². The maximum atomic E-state index is 13.3. The number of halogens is 2. The van der Waals surface area contributed by atoms with Crippen LogP contribution < -0.4 is 4.74 Å². The molecule has 1 aliphatic heterocycles. The van der Waals surface area contributed by atoms with Crippen LogP contribution in [0.15, 0.2) is 48.5 Å². The number of H-pyrrole nitrogens is 1. The molecule has 1 aromatic heterocycles. The van der Waals surface area contributed by atoms with E-state index in [9.17, 15) is 14.0 Å². The molecule has 4 rings (SSSR count). The number of hydrogen-bond donors (Lipinski definition) is 2. The normalized spacial score (nSPS) is 18.7. The Morgan fingerprint density at radius 3 is 2.27 bits per heavy atom. The van der Waals surface area contributed by atoms with Crippen molar-refractivity contribution in [1.29, 1.82) is 10.7 Å². The van der Waals surface area contributed by atoms with Gasteiger partial charge in [0, 0.05) is 11.5 Å². The van der Waals surface area contributed by atoms with Crippen molar-refractivity contribution >= 4 is 5.90 Å². The van der Waals surface area contributed by atoms with E-state index in [4.69, 9.17) is 10.1 Å². The molecule has 0 saturated carbocycles. The third-order valence-electron chi connectivity index (χ3n) is 4.40. The third kappa shape index (κ3) is 2.52. The fraction of sp³-hybridized carbons (Fsp3) is 0.105. The SMILES string of the molecule is N#CC1C(=N)Oc2n[nH]c(-c3ccc(F)cc3)c2C1c1ccc(F)cc1. The molecule has 2 unspecified atom stereocenters. The van der Waals surface area contributed by atoms with Crippen molar-refractivity contribution in [3.05, 3.63) is 71.3 Å². The van der Waals surface area contributed by atoms with Crippen molar-refractivity contribution in [2.45, 2.75) is 5.92 Å². The molecule has 2 N–H and O–H groups in total. The number of benzene rings is 2. The molecule has 0 bridgehead atoms. The lowest BCUT2D eigenvalue weighted by Crippen LogP contribution is -2.30. The standard InChI is InChI=1S/C19H12F2N4O/c20-12-5-1-10(2-6-12)15-14(9-22)18(23)26-19-16(15)17(24-25-19)11-3-7-13(21)8-4-11/h1-8,14-15,23H,(H,24,25). The second kappa shape index (κ2) is 6.08. The summed E-state index contributed by atoms with van der Waals surface area (Å²) < 4.78 is 32.0. The van der Waals surface area contributed by atoms with E-state index in [-0.39, 0.29) is 17.6 Å². The smallest absolute Gasteiger partial charge is 0.244 e. The van der Waals surface area contributed by atoms with E-state index in [0.717, 1.165) is 0 Å². The molecule has 1 aliphatic rings. The van der Waals surface area contributed by atoms with Gasteiger partial charge in [-0.1, -0.05) is 12.1 Å². The van der Waals surface area contributed by atoms with Gasteiger partial charge in [0.2, 0.25) is 11.8 Å². The number of rotatable bonds is 2. The Bertz CT molecular complexity index is 1020. The highest BCUT2D eigenvalue weighted by atomic mass is 19.1. The second-order valence-corrected chi connectivity index (χ2v) is 5.93. The molecule has 0 amide bonds. The molecule has 26 heavy (non-hydrogen) atoms. The molecule has 7 heteroatoms. The van der Waals surface area contributed by atoms with Crippen LogP contribution >= 0.6 is 0 Å². The molecular formula is C19H12F2N4O. The first kappa shape index (κ1) is 16.0. The van der Waals surface area contributed by atoms with Crippen molar-refractivity contribution < 1.29 is 13.5 Å². The molecule has 2 atom stereocenters. The molecule has 5 nitrogen and oxygen atoms in total. The van der Waals surface area contributed by atoms with Crippen LogP contribution in [0.1, 0.15) is 17.0 Å². The largest absolute Gasteiger partial charge is 0.422 e. The van der Waals surface area contributed by atoms with E-state index in [1.807, 2.05) is 0 Å². The van der Waals surface area contributed by atoms with Gasteiger partial charge in [0.1, 0.15) is 17.6 Å². The molecule has 2 aromatic carbocycles. The molecule has 0 aliphatic carbocycles. The van der Waals surface area contributed by atoms with Gasteiger partial charge in [0.25, 0.3) is 0 Å². The lowest BCUT2D eigenvalue weighted by atomic mass is 9.79. The Kier molecular flexibility index (Phi) is 3.73. The summed E-state index contributed by atoms with van der Waals surface area (Å²) in [5.41, 5.74) is 2.49. The molecule has 3 aromatic rings. The highest BCUT2D eigenvalue weighted by Crippen LogP contribution is 2.45. The lowest BCUT2D eigenvalue weighted by molar-refractivity contribution is 0.437. The van der Waals surface area contributed by atoms with E-state index in [1.165, 1.54) is 24.3 Å². The maximum Gasteiger partial charge on any atom is 0.244 e. The van der Waals surface area contributed by atoms with Crippen molar-refractivity contribution in [2.24, 2.45) is 5.92 Å². The average Bonchev–Trinajstić information content (AvgIpc) is 3.05. The summed E-state index contributed by atoms with van der Waals surface area (Å²) in [6.07, 6.45) is 0. The predicted octanol–water partition coefficient (Wildman–Crippen LogP) is 4.00. The summed E-state index contributed by atoms with van der Waals surface area (Å²) in [6, 6.07) is 13.7. The van der Waals surface area contributed by atoms with Gasteiger partial charge in [-0.05, 0) is 42.0 Å². The zero-order chi connectivity index (χ0) is 18.3. The molecule has 0 fully saturated rings. The molecule has 2 heterocycles. The number of ether oxygens (including phenoxy) is 1. The van der Waals surface area contributed by atoms with Crippen molar-refractivity contribution in [2.75, 3.05) is 0 Å². The van der Waals surface area contributed by atoms with Crippen LogP contribution in [-0.2, 0) is 0 Å². The zero-order valence-corrected chi connectivity index (χ0v) is 13.3. The van der Waals surface area contributed by atoms with E-state index < -0.39 is 17.7 Å². The summed E-state index contributed by atoms with van der Waals surface area (Å²) in [5.74, 6) is -2.23. The number of hydrogen-bond acceptors (Lipinski definition) is 4. The quantitative estimate of drug-likeness (QED) is 0.732. The number of nitrogens with one attached hydrogen (secondary N) is 2. The van der Waals surface area contributed by atoms with Crippen molar-refractivity contribution in [1.82, 2.24) is 10.2 Å². The highest BCUT2D eigenvalue weighted by molar-refractivity contribution is 5.86. The lowest BCUT2D eigenvalue weighted by Gasteiger charge is -2.28. The van der Waals surface area contributed by atoms with Gasteiger partial charge in [-0.25, -0.2) is 8.78 Å². The average molecular weight is 350 g/mol. The summed E-state index contributed by atoms with van der Waals surface area (Å²) in [6.45, 7) is 0. The Hall–Kier alpha value is -3.53. The summed E-state index contributed by atoms with van der Waals surface area (Å²) in [5, 5.41) is 24.6. The third-order valence-corrected chi connectivity index (χ3v) is 4.40. The Morgan fingerprint density at radius 2 is 1.65 bits per heavy atom. The van der Waals surface area contributed by atoms with Crippen LogP contribution in [0.4, 0.5) is 8.78 Å². The first-order chi connectivity index (χ1) is 12.6.